The van der Waals surface area contributed by atoms with Crippen molar-refractivity contribution in [3.05, 3.63) is 76.6 Å². The molecule has 0 aliphatic rings. The van der Waals surface area contributed by atoms with Gasteiger partial charge in [0.05, 0.1) is 27.8 Å². The van der Waals surface area contributed by atoms with E-state index < -0.39 is 0 Å². The number of nitrogens with zero attached hydrogens (tertiary/aromatic N) is 2. The zero-order valence-corrected chi connectivity index (χ0v) is 14.1. The van der Waals surface area contributed by atoms with Crippen LogP contribution in [0.1, 0.15) is 21.7 Å². The second-order valence-corrected chi connectivity index (χ2v) is 5.77. The summed E-state index contributed by atoms with van der Waals surface area (Å²) < 4.78 is 1.77. The van der Waals surface area contributed by atoms with Gasteiger partial charge in [-0.3, -0.25) is 15.6 Å². The highest BCUT2D eigenvalue weighted by Crippen LogP contribution is 2.22. The largest absolute Gasteiger partial charge is 0.298 e. The molecule has 0 fully saturated rings. The van der Waals surface area contributed by atoms with Gasteiger partial charge in [0.25, 0.3) is 5.91 Å². The third-order valence-corrected chi connectivity index (χ3v) is 4.22. The average Bonchev–Trinajstić information content (AvgIpc) is 2.88. The third kappa shape index (κ3) is 3.26. The fraction of sp³-hybridized carbons (Fsp3) is 0.111. The van der Waals surface area contributed by atoms with Gasteiger partial charge in [-0.25, -0.2) is 4.68 Å². The van der Waals surface area contributed by atoms with Crippen molar-refractivity contribution < 1.29 is 4.79 Å². The van der Waals surface area contributed by atoms with Gasteiger partial charge < -0.3 is 0 Å². The summed E-state index contributed by atoms with van der Waals surface area (Å²) in [5.74, 6) is -0.211. The first-order chi connectivity index (χ1) is 11.6. The molecule has 0 bridgehead atoms. The first-order valence-electron chi connectivity index (χ1n) is 7.50. The minimum absolute atomic E-state index is 0.211. The summed E-state index contributed by atoms with van der Waals surface area (Å²) in [6, 6.07) is 16.6. The Morgan fingerprint density at radius 3 is 2.29 bits per heavy atom. The van der Waals surface area contributed by atoms with Crippen LogP contribution in [0.3, 0.4) is 0 Å². The number of para-hydroxylation sites is 1. The van der Waals surface area contributed by atoms with Crippen LogP contribution < -0.4 is 10.9 Å². The van der Waals surface area contributed by atoms with Crippen molar-refractivity contribution in [3.8, 4) is 5.69 Å². The van der Waals surface area contributed by atoms with Crippen molar-refractivity contribution in [2.75, 3.05) is 5.43 Å². The number of carbonyl (C=O) groups is 1. The van der Waals surface area contributed by atoms with Gasteiger partial charge in [0.15, 0.2) is 0 Å². The quantitative estimate of drug-likeness (QED) is 0.708. The number of hydrogen-bond acceptors (Lipinski definition) is 3. The van der Waals surface area contributed by atoms with E-state index in [1.807, 2.05) is 56.3 Å². The highest BCUT2D eigenvalue weighted by molar-refractivity contribution is 6.31. The molecule has 0 saturated carbocycles. The molecule has 3 aromatic rings. The monoisotopic (exact) mass is 340 g/mol. The molecule has 0 aliphatic carbocycles. The molecule has 122 valence electrons. The van der Waals surface area contributed by atoms with Crippen LogP contribution in [0.15, 0.2) is 54.6 Å². The summed E-state index contributed by atoms with van der Waals surface area (Å²) in [6.07, 6.45) is 0. The topological polar surface area (TPSA) is 59.0 Å². The molecule has 2 N–H and O–H groups in total. The predicted molar refractivity (Wildman–Crippen MR) is 95.6 cm³/mol. The Labute approximate surface area is 145 Å². The molecule has 1 aromatic heterocycles. The van der Waals surface area contributed by atoms with Crippen LogP contribution in [0.25, 0.3) is 5.69 Å². The van der Waals surface area contributed by atoms with E-state index in [4.69, 9.17) is 11.6 Å². The highest BCUT2D eigenvalue weighted by Gasteiger charge is 2.11. The summed E-state index contributed by atoms with van der Waals surface area (Å²) in [7, 11) is 0. The van der Waals surface area contributed by atoms with Crippen molar-refractivity contribution in [1.82, 2.24) is 15.2 Å². The SMILES string of the molecule is Cc1nn(-c2ccc(C(=O)NNc3ccccc3)cc2)c(C)c1Cl. The molecule has 0 spiro atoms. The van der Waals surface area contributed by atoms with Gasteiger partial charge in [-0.2, -0.15) is 5.10 Å². The first-order valence-corrected chi connectivity index (χ1v) is 7.87. The van der Waals surface area contributed by atoms with Gasteiger partial charge in [0, 0.05) is 5.56 Å². The lowest BCUT2D eigenvalue weighted by molar-refractivity contribution is 0.0962. The Morgan fingerprint density at radius 1 is 1.04 bits per heavy atom. The summed E-state index contributed by atoms with van der Waals surface area (Å²) in [5.41, 5.74) is 9.42. The molecule has 0 atom stereocenters. The molecule has 1 heterocycles. The third-order valence-electron chi connectivity index (χ3n) is 3.67. The average molecular weight is 341 g/mol. The van der Waals surface area contributed by atoms with Crippen LogP contribution in [-0.2, 0) is 0 Å². The molecule has 2 aromatic carbocycles. The van der Waals surface area contributed by atoms with Crippen LogP contribution in [0.5, 0.6) is 0 Å². The van der Waals surface area contributed by atoms with E-state index in [-0.39, 0.29) is 5.91 Å². The molecular weight excluding hydrogens is 324 g/mol. The fourth-order valence-electron chi connectivity index (χ4n) is 2.35. The maximum Gasteiger partial charge on any atom is 0.269 e. The van der Waals surface area contributed by atoms with Crippen LogP contribution in [0.4, 0.5) is 5.69 Å². The second-order valence-electron chi connectivity index (χ2n) is 5.39. The molecular formula is C18H17ClN4O. The number of rotatable bonds is 4. The lowest BCUT2D eigenvalue weighted by Crippen LogP contribution is -2.29. The van der Waals surface area contributed by atoms with Gasteiger partial charge in [0.1, 0.15) is 0 Å². The molecule has 6 heteroatoms. The number of halogens is 1. The van der Waals surface area contributed by atoms with E-state index in [1.54, 1.807) is 16.8 Å². The Bertz CT molecular complexity index is 857. The number of hydrazine groups is 1. The van der Waals surface area contributed by atoms with Gasteiger partial charge in [-0.05, 0) is 50.2 Å². The number of hydrogen-bond donors (Lipinski definition) is 2. The zero-order chi connectivity index (χ0) is 17.1. The Kier molecular flexibility index (Phi) is 4.53. The van der Waals surface area contributed by atoms with Crippen LogP contribution in [0.2, 0.25) is 5.02 Å². The van der Waals surface area contributed by atoms with Crippen molar-refractivity contribution in [3.63, 3.8) is 0 Å². The summed E-state index contributed by atoms with van der Waals surface area (Å²) in [4.78, 5) is 12.2. The number of amides is 1. The molecule has 1 amide bonds. The number of benzene rings is 2. The number of nitrogens with one attached hydrogen (secondary N) is 2. The number of anilines is 1. The van der Waals surface area contributed by atoms with Crippen molar-refractivity contribution in [1.29, 1.82) is 0 Å². The van der Waals surface area contributed by atoms with Crippen molar-refractivity contribution in [2.24, 2.45) is 0 Å². The second kappa shape index (κ2) is 6.76. The Morgan fingerprint density at radius 2 is 1.71 bits per heavy atom. The van der Waals surface area contributed by atoms with Gasteiger partial charge in [-0.15, -0.1) is 0 Å². The summed E-state index contributed by atoms with van der Waals surface area (Å²) in [5, 5.41) is 5.06. The maximum absolute atomic E-state index is 12.2. The van der Waals surface area contributed by atoms with Crippen molar-refractivity contribution in [2.45, 2.75) is 13.8 Å². The minimum atomic E-state index is -0.211. The molecule has 3 rings (SSSR count). The Hall–Kier alpha value is -2.79. The van der Waals surface area contributed by atoms with Crippen LogP contribution in [0, 0.1) is 13.8 Å². The first kappa shape index (κ1) is 16.1. The van der Waals surface area contributed by atoms with E-state index in [0.29, 0.717) is 10.6 Å². The van der Waals surface area contributed by atoms with E-state index in [9.17, 15) is 4.79 Å². The fourth-order valence-corrected chi connectivity index (χ4v) is 2.47. The minimum Gasteiger partial charge on any atom is -0.298 e. The lowest BCUT2D eigenvalue weighted by Gasteiger charge is -2.09. The van der Waals surface area contributed by atoms with E-state index in [1.165, 1.54) is 0 Å². The molecule has 0 aliphatic heterocycles. The van der Waals surface area contributed by atoms with Gasteiger partial charge >= 0.3 is 0 Å². The summed E-state index contributed by atoms with van der Waals surface area (Å²) >= 11 is 6.17. The van der Waals surface area contributed by atoms with E-state index in [2.05, 4.69) is 16.0 Å². The van der Waals surface area contributed by atoms with Gasteiger partial charge in [-0.1, -0.05) is 29.8 Å². The van der Waals surface area contributed by atoms with E-state index >= 15 is 0 Å². The predicted octanol–water partition coefficient (Wildman–Crippen LogP) is 3.90. The Balaban J connectivity index is 1.72. The molecule has 0 unspecified atom stereocenters. The smallest absolute Gasteiger partial charge is 0.269 e. The molecule has 0 radical (unpaired) electrons. The summed E-state index contributed by atoms with van der Waals surface area (Å²) in [6.45, 7) is 3.77. The number of aryl methyl sites for hydroxylation is 1. The van der Waals surface area contributed by atoms with Crippen LogP contribution >= 0.6 is 11.6 Å². The molecule has 24 heavy (non-hydrogen) atoms. The standard InChI is InChI=1S/C18H17ClN4O/c1-12-17(19)13(2)23(22-12)16-10-8-14(9-11-16)18(24)21-20-15-6-4-3-5-7-15/h3-11,20H,1-2H3,(H,21,24). The van der Waals surface area contributed by atoms with Crippen LogP contribution in [-0.4, -0.2) is 15.7 Å². The zero-order valence-electron chi connectivity index (χ0n) is 13.4. The number of aromatic nitrogens is 2. The highest BCUT2D eigenvalue weighted by atomic mass is 35.5. The molecule has 5 nitrogen and oxygen atoms in total. The lowest BCUT2D eigenvalue weighted by atomic mass is 10.2. The number of carbonyl (C=O) groups excluding carboxylic acids is 1. The normalized spacial score (nSPS) is 10.5. The van der Waals surface area contributed by atoms with Crippen molar-refractivity contribution >= 4 is 23.2 Å². The van der Waals surface area contributed by atoms with E-state index in [0.717, 1.165) is 22.8 Å². The van der Waals surface area contributed by atoms with Gasteiger partial charge in [0.2, 0.25) is 0 Å². The molecule has 0 saturated heterocycles. The maximum atomic E-state index is 12.2.